The average Bonchev–Trinajstić information content (AvgIpc) is 3.69. The van der Waals surface area contributed by atoms with Crippen molar-refractivity contribution in [3.63, 3.8) is 0 Å². The van der Waals surface area contributed by atoms with E-state index in [1.165, 1.54) is 13.0 Å². The van der Waals surface area contributed by atoms with E-state index >= 15 is 0 Å². The van der Waals surface area contributed by atoms with Crippen molar-refractivity contribution in [2.75, 3.05) is 0 Å². The van der Waals surface area contributed by atoms with Crippen molar-refractivity contribution in [1.29, 1.82) is 0 Å². The molecule has 0 aromatic heterocycles. The molecule has 1 unspecified atom stereocenters. The Morgan fingerprint density at radius 2 is 1.61 bits per heavy atom. The number of hydrogen-bond donors (Lipinski definition) is 3. The highest BCUT2D eigenvalue weighted by molar-refractivity contribution is 6.03. The molecule has 1 atom stereocenters. The third-order valence-electron chi connectivity index (χ3n) is 6.53. The lowest BCUT2D eigenvalue weighted by Gasteiger charge is -2.24. The minimum absolute atomic E-state index is 0.0897. The number of primary amides is 1. The first-order chi connectivity index (χ1) is 18.0. The molecule has 4 rings (SSSR count). The van der Waals surface area contributed by atoms with Crippen LogP contribution in [0.4, 0.5) is 13.2 Å². The molecule has 3 amide bonds. The highest BCUT2D eigenvalue weighted by Crippen LogP contribution is 2.39. The average molecular weight is 524 g/mol. The first-order valence-electron chi connectivity index (χ1n) is 12.3. The van der Waals surface area contributed by atoms with E-state index in [1.54, 1.807) is 54.6 Å². The van der Waals surface area contributed by atoms with Crippen LogP contribution in [-0.4, -0.2) is 29.9 Å². The Bertz CT molecular complexity index is 1320. The summed E-state index contributed by atoms with van der Waals surface area (Å²) in [6.07, 6.45) is 1.51. The number of nitrogens with two attached hydrogens (primary N) is 1. The summed E-state index contributed by atoms with van der Waals surface area (Å²) in [5.74, 6) is -1.93. The van der Waals surface area contributed by atoms with Crippen LogP contribution in [0.15, 0.2) is 77.4 Å². The molecular formula is C29H28F3N3O3. The zero-order chi connectivity index (χ0) is 27.4. The SMILES string of the molecule is CC1CC(/C(=C\c2ccc(C(=O)NCc3ccc(C(N)=O)cc3)cc2)C(=O)NC2CC2)=CC=C1C(F)(F)F. The van der Waals surface area contributed by atoms with Crippen molar-refractivity contribution >= 4 is 23.8 Å². The summed E-state index contributed by atoms with van der Waals surface area (Å²) >= 11 is 0. The van der Waals surface area contributed by atoms with E-state index in [-0.39, 0.29) is 30.8 Å². The first-order valence-corrected chi connectivity index (χ1v) is 12.3. The smallest absolute Gasteiger partial charge is 0.366 e. The van der Waals surface area contributed by atoms with Gasteiger partial charge in [-0.2, -0.15) is 13.2 Å². The van der Waals surface area contributed by atoms with E-state index in [2.05, 4.69) is 10.6 Å². The molecule has 0 bridgehead atoms. The maximum Gasteiger partial charge on any atom is 0.412 e. The molecule has 0 aliphatic heterocycles. The van der Waals surface area contributed by atoms with Gasteiger partial charge in [-0.1, -0.05) is 43.3 Å². The molecule has 1 saturated carbocycles. The van der Waals surface area contributed by atoms with Crippen LogP contribution in [0.2, 0.25) is 0 Å². The second-order valence-corrected chi connectivity index (χ2v) is 9.59. The number of alkyl halides is 3. The number of carbonyl (C=O) groups is 3. The predicted octanol–water partition coefficient (Wildman–Crippen LogP) is 4.83. The summed E-state index contributed by atoms with van der Waals surface area (Å²) in [4.78, 5) is 36.7. The van der Waals surface area contributed by atoms with Crippen LogP contribution in [0, 0.1) is 5.92 Å². The van der Waals surface area contributed by atoms with E-state index in [0.717, 1.165) is 24.5 Å². The summed E-state index contributed by atoms with van der Waals surface area (Å²) in [6, 6.07) is 13.3. The van der Waals surface area contributed by atoms with Gasteiger partial charge in [-0.05, 0) is 72.2 Å². The van der Waals surface area contributed by atoms with E-state index in [9.17, 15) is 27.6 Å². The summed E-state index contributed by atoms with van der Waals surface area (Å²) < 4.78 is 39.8. The molecule has 0 spiro atoms. The summed E-state index contributed by atoms with van der Waals surface area (Å²) in [5, 5.41) is 5.72. The van der Waals surface area contributed by atoms with Crippen LogP contribution in [0.5, 0.6) is 0 Å². The molecule has 38 heavy (non-hydrogen) atoms. The van der Waals surface area contributed by atoms with Crippen LogP contribution in [0.1, 0.15) is 58.0 Å². The van der Waals surface area contributed by atoms with Gasteiger partial charge in [-0.15, -0.1) is 0 Å². The molecule has 2 aliphatic rings. The van der Waals surface area contributed by atoms with Gasteiger partial charge in [0.15, 0.2) is 0 Å². The number of halogens is 3. The fourth-order valence-electron chi connectivity index (χ4n) is 4.20. The van der Waals surface area contributed by atoms with Crippen molar-refractivity contribution < 1.29 is 27.6 Å². The van der Waals surface area contributed by atoms with Crippen LogP contribution in [0.3, 0.4) is 0 Å². The number of nitrogens with one attached hydrogen (secondary N) is 2. The summed E-state index contributed by atoms with van der Waals surface area (Å²) in [6.45, 7) is 1.76. The van der Waals surface area contributed by atoms with Gasteiger partial charge in [0, 0.05) is 34.9 Å². The molecule has 2 aromatic rings. The number of carbonyl (C=O) groups excluding carboxylic acids is 3. The second kappa shape index (κ2) is 11.1. The van der Waals surface area contributed by atoms with Crippen LogP contribution < -0.4 is 16.4 Å². The fraction of sp³-hybridized carbons (Fsp3) is 0.276. The van der Waals surface area contributed by atoms with Gasteiger partial charge in [0.05, 0.1) is 0 Å². The van der Waals surface area contributed by atoms with Crippen molar-refractivity contribution in [2.24, 2.45) is 11.7 Å². The van der Waals surface area contributed by atoms with Crippen molar-refractivity contribution in [3.8, 4) is 0 Å². The second-order valence-electron chi connectivity index (χ2n) is 9.59. The van der Waals surface area contributed by atoms with E-state index < -0.39 is 23.6 Å². The Morgan fingerprint density at radius 3 is 2.16 bits per heavy atom. The quantitative estimate of drug-likeness (QED) is 0.432. The van der Waals surface area contributed by atoms with Gasteiger partial charge >= 0.3 is 6.18 Å². The number of rotatable bonds is 8. The Kier molecular flexibility index (Phi) is 7.85. The molecule has 0 radical (unpaired) electrons. The van der Waals surface area contributed by atoms with Gasteiger partial charge < -0.3 is 16.4 Å². The van der Waals surface area contributed by atoms with Crippen molar-refractivity contribution in [2.45, 2.75) is 44.9 Å². The van der Waals surface area contributed by atoms with Gasteiger partial charge in [0.1, 0.15) is 0 Å². The maximum atomic E-state index is 13.3. The Labute approximate surface area is 218 Å². The van der Waals surface area contributed by atoms with Crippen LogP contribution in [0.25, 0.3) is 6.08 Å². The molecule has 2 aliphatic carbocycles. The molecule has 9 heteroatoms. The molecule has 198 valence electrons. The lowest BCUT2D eigenvalue weighted by Crippen LogP contribution is -2.29. The number of allylic oxidation sites excluding steroid dienone is 3. The van der Waals surface area contributed by atoms with E-state index in [1.807, 2.05) is 0 Å². The third kappa shape index (κ3) is 6.79. The number of hydrogen-bond acceptors (Lipinski definition) is 3. The normalized spacial score (nSPS) is 17.8. The van der Waals surface area contributed by atoms with E-state index in [4.69, 9.17) is 5.73 Å². The molecule has 0 heterocycles. The van der Waals surface area contributed by atoms with Crippen molar-refractivity contribution in [1.82, 2.24) is 10.6 Å². The number of amides is 3. The Hall–Kier alpha value is -4.14. The van der Waals surface area contributed by atoms with E-state index in [0.29, 0.717) is 27.8 Å². The Balaban J connectivity index is 1.49. The highest BCUT2D eigenvalue weighted by Gasteiger charge is 2.38. The van der Waals surface area contributed by atoms with Gasteiger partial charge in [0.2, 0.25) is 5.91 Å². The van der Waals surface area contributed by atoms with Gasteiger partial charge in [-0.3, -0.25) is 14.4 Å². The molecule has 0 saturated heterocycles. The van der Waals surface area contributed by atoms with Crippen molar-refractivity contribution in [3.05, 3.63) is 99.7 Å². The summed E-state index contributed by atoms with van der Waals surface area (Å²) in [5.41, 5.74) is 7.70. The van der Waals surface area contributed by atoms with Gasteiger partial charge in [-0.25, -0.2) is 0 Å². The standard InChI is InChI=1S/C29H28F3N3O3/c1-17-14-22(10-13-25(17)29(30,31)32)24(28(38)35-23-11-12-23)15-18-2-8-21(9-3-18)27(37)34-16-19-4-6-20(7-5-19)26(33)36/h2-10,13,15,17,23H,11-12,14,16H2,1H3,(H2,33,36)(H,34,37)(H,35,38)/b24-15+. The molecule has 1 fully saturated rings. The minimum Gasteiger partial charge on any atom is -0.366 e. The monoisotopic (exact) mass is 523 g/mol. The minimum atomic E-state index is -4.41. The van der Waals surface area contributed by atoms with Gasteiger partial charge in [0.25, 0.3) is 11.8 Å². The third-order valence-corrected chi connectivity index (χ3v) is 6.53. The fourth-order valence-corrected chi connectivity index (χ4v) is 4.20. The lowest BCUT2D eigenvalue weighted by atomic mass is 9.84. The maximum absolute atomic E-state index is 13.3. The summed E-state index contributed by atoms with van der Waals surface area (Å²) in [7, 11) is 0. The molecule has 4 N–H and O–H groups in total. The molecular weight excluding hydrogens is 495 g/mol. The largest absolute Gasteiger partial charge is 0.412 e. The predicted molar refractivity (Wildman–Crippen MR) is 138 cm³/mol. The number of benzene rings is 2. The Morgan fingerprint density at radius 1 is 0.974 bits per heavy atom. The highest BCUT2D eigenvalue weighted by atomic mass is 19.4. The first kappa shape index (κ1) is 26.9. The molecule has 2 aromatic carbocycles. The van der Waals surface area contributed by atoms with Crippen LogP contribution in [-0.2, 0) is 11.3 Å². The molecule has 6 nitrogen and oxygen atoms in total. The van der Waals surface area contributed by atoms with Crippen LogP contribution >= 0.6 is 0 Å². The lowest BCUT2D eigenvalue weighted by molar-refractivity contribution is -0.117. The zero-order valence-electron chi connectivity index (χ0n) is 20.8. The topological polar surface area (TPSA) is 101 Å². The zero-order valence-corrected chi connectivity index (χ0v) is 20.8.